The molecular weight excluding hydrogens is 355 g/mol. The zero-order valence-electron chi connectivity index (χ0n) is 17.1. The van der Waals surface area contributed by atoms with Gasteiger partial charge in [-0.05, 0) is 58.4 Å². The second-order valence-corrected chi connectivity index (χ2v) is 7.98. The van der Waals surface area contributed by atoms with Crippen molar-refractivity contribution in [2.45, 2.75) is 59.0 Å². The summed E-state index contributed by atoms with van der Waals surface area (Å²) in [6, 6.07) is 6.81. The summed E-state index contributed by atoms with van der Waals surface area (Å²) in [5.74, 6) is 0.953. The van der Waals surface area contributed by atoms with Gasteiger partial charge in [0.15, 0.2) is 0 Å². The van der Waals surface area contributed by atoms with Crippen molar-refractivity contribution in [1.29, 1.82) is 0 Å². The zero-order chi connectivity index (χ0) is 20.3. The number of halogens is 1. The van der Waals surface area contributed by atoms with Gasteiger partial charge in [-0.1, -0.05) is 12.1 Å². The highest BCUT2D eigenvalue weighted by molar-refractivity contribution is 5.79. The topological polar surface area (TPSA) is 58.1 Å². The van der Waals surface area contributed by atoms with Gasteiger partial charge in [-0.2, -0.15) is 0 Å². The molecule has 1 amide bonds. The van der Waals surface area contributed by atoms with E-state index in [9.17, 15) is 9.18 Å². The van der Waals surface area contributed by atoms with Crippen molar-refractivity contribution < 1.29 is 9.18 Å². The summed E-state index contributed by atoms with van der Waals surface area (Å²) in [7, 11) is 0. The first kappa shape index (κ1) is 20.4. The van der Waals surface area contributed by atoms with E-state index in [1.807, 2.05) is 39.8 Å². The number of likely N-dealkylation sites (tertiary alicyclic amines) is 1. The van der Waals surface area contributed by atoms with E-state index in [2.05, 4.69) is 10.2 Å². The number of nitrogens with one attached hydrogen (secondary N) is 1. The average molecular weight is 384 g/mol. The summed E-state index contributed by atoms with van der Waals surface area (Å²) in [6.07, 6.45) is 1.32. The third kappa shape index (κ3) is 5.13. The van der Waals surface area contributed by atoms with Crippen LogP contribution in [0, 0.1) is 19.7 Å². The van der Waals surface area contributed by atoms with Gasteiger partial charge >= 0.3 is 0 Å². The molecule has 2 heterocycles. The van der Waals surface area contributed by atoms with Gasteiger partial charge in [0, 0.05) is 42.0 Å². The van der Waals surface area contributed by atoms with Crippen LogP contribution in [-0.4, -0.2) is 39.9 Å². The van der Waals surface area contributed by atoms with Crippen LogP contribution >= 0.6 is 0 Å². The maximum atomic E-state index is 13.1. The van der Waals surface area contributed by atoms with Gasteiger partial charge in [-0.25, -0.2) is 14.4 Å². The minimum atomic E-state index is -0.204. The number of hydrogen-bond donors (Lipinski definition) is 1. The molecular formula is C22H29FN4O. The molecule has 2 aromatic rings. The fourth-order valence-electron chi connectivity index (χ4n) is 3.77. The Labute approximate surface area is 166 Å². The Morgan fingerprint density at radius 1 is 1.21 bits per heavy atom. The lowest BCUT2D eigenvalue weighted by Crippen LogP contribution is -2.32. The summed E-state index contributed by atoms with van der Waals surface area (Å²) in [6.45, 7) is 10.5. The van der Waals surface area contributed by atoms with E-state index in [-0.39, 0.29) is 23.7 Å². The zero-order valence-corrected chi connectivity index (χ0v) is 17.1. The predicted molar refractivity (Wildman–Crippen MR) is 108 cm³/mol. The number of aryl methyl sites for hydroxylation is 2. The first-order valence-electron chi connectivity index (χ1n) is 9.92. The third-order valence-electron chi connectivity index (χ3n) is 5.18. The Kier molecular flexibility index (Phi) is 6.39. The molecule has 28 heavy (non-hydrogen) atoms. The molecule has 1 aromatic carbocycles. The number of hydrogen-bond acceptors (Lipinski definition) is 4. The van der Waals surface area contributed by atoms with E-state index in [0.29, 0.717) is 6.42 Å². The lowest BCUT2D eigenvalue weighted by Gasteiger charge is -2.17. The van der Waals surface area contributed by atoms with Crippen molar-refractivity contribution >= 4 is 5.91 Å². The summed E-state index contributed by atoms with van der Waals surface area (Å²) >= 11 is 0. The average Bonchev–Trinajstić information content (AvgIpc) is 3.08. The Bertz CT molecular complexity index is 812. The molecule has 1 atom stereocenters. The van der Waals surface area contributed by atoms with Crippen LogP contribution in [-0.2, 0) is 17.8 Å². The maximum Gasteiger partial charge on any atom is 0.224 e. The SMILES string of the molecule is Cc1nc([C@@H]2CCN(Cc3ccc(F)cc3)C2)nc(C)c1CC(=O)NC(C)C. The molecule has 0 aliphatic carbocycles. The number of benzene rings is 1. The van der Waals surface area contributed by atoms with Crippen LogP contribution in [0.25, 0.3) is 0 Å². The number of carbonyl (C=O) groups excluding carboxylic acids is 1. The van der Waals surface area contributed by atoms with Crippen LogP contribution in [0.1, 0.15) is 54.5 Å². The highest BCUT2D eigenvalue weighted by Gasteiger charge is 2.27. The fraction of sp³-hybridized carbons (Fsp3) is 0.500. The number of amides is 1. The Morgan fingerprint density at radius 2 is 1.86 bits per heavy atom. The molecule has 3 rings (SSSR count). The lowest BCUT2D eigenvalue weighted by molar-refractivity contribution is -0.120. The highest BCUT2D eigenvalue weighted by Crippen LogP contribution is 2.27. The van der Waals surface area contributed by atoms with Crippen LogP contribution < -0.4 is 5.32 Å². The van der Waals surface area contributed by atoms with Gasteiger partial charge in [0.2, 0.25) is 5.91 Å². The Balaban J connectivity index is 1.65. The molecule has 0 unspecified atom stereocenters. The number of nitrogens with zero attached hydrogens (tertiary/aromatic N) is 3. The van der Waals surface area contributed by atoms with Gasteiger partial charge in [0.05, 0.1) is 6.42 Å². The number of rotatable bonds is 6. The second kappa shape index (κ2) is 8.78. The normalized spacial score (nSPS) is 17.3. The maximum absolute atomic E-state index is 13.1. The minimum absolute atomic E-state index is 0.00360. The van der Waals surface area contributed by atoms with Gasteiger partial charge < -0.3 is 5.32 Å². The van der Waals surface area contributed by atoms with Crippen molar-refractivity contribution in [2.75, 3.05) is 13.1 Å². The molecule has 0 radical (unpaired) electrons. The molecule has 1 aliphatic heterocycles. The monoisotopic (exact) mass is 384 g/mol. The number of aromatic nitrogens is 2. The van der Waals surface area contributed by atoms with E-state index >= 15 is 0 Å². The van der Waals surface area contributed by atoms with Gasteiger partial charge in [-0.3, -0.25) is 9.69 Å². The smallest absolute Gasteiger partial charge is 0.224 e. The molecule has 1 aromatic heterocycles. The molecule has 150 valence electrons. The molecule has 0 spiro atoms. The van der Waals surface area contributed by atoms with E-state index in [4.69, 9.17) is 9.97 Å². The Morgan fingerprint density at radius 3 is 2.46 bits per heavy atom. The largest absolute Gasteiger partial charge is 0.354 e. The van der Waals surface area contributed by atoms with Crippen molar-refractivity contribution in [3.8, 4) is 0 Å². The molecule has 1 N–H and O–H groups in total. The molecule has 6 heteroatoms. The minimum Gasteiger partial charge on any atom is -0.354 e. The summed E-state index contributed by atoms with van der Waals surface area (Å²) < 4.78 is 13.1. The van der Waals surface area contributed by atoms with Gasteiger partial charge in [0.1, 0.15) is 11.6 Å². The highest BCUT2D eigenvalue weighted by atomic mass is 19.1. The van der Waals surface area contributed by atoms with Crippen LogP contribution in [0.2, 0.25) is 0 Å². The summed E-state index contributed by atoms with van der Waals surface area (Å²) in [4.78, 5) is 23.9. The summed E-state index contributed by atoms with van der Waals surface area (Å²) in [5.41, 5.74) is 3.81. The van der Waals surface area contributed by atoms with Crippen LogP contribution in [0.5, 0.6) is 0 Å². The molecule has 1 fully saturated rings. The van der Waals surface area contributed by atoms with E-state index in [1.165, 1.54) is 12.1 Å². The quantitative estimate of drug-likeness (QED) is 0.830. The van der Waals surface area contributed by atoms with Crippen molar-refractivity contribution in [3.63, 3.8) is 0 Å². The molecule has 5 nitrogen and oxygen atoms in total. The fourth-order valence-corrected chi connectivity index (χ4v) is 3.77. The second-order valence-electron chi connectivity index (χ2n) is 7.98. The van der Waals surface area contributed by atoms with Crippen LogP contribution in [0.15, 0.2) is 24.3 Å². The number of carbonyl (C=O) groups is 1. The summed E-state index contributed by atoms with van der Waals surface area (Å²) in [5, 5.41) is 2.92. The van der Waals surface area contributed by atoms with Crippen LogP contribution in [0.3, 0.4) is 0 Å². The predicted octanol–water partition coefficient (Wildman–Crippen LogP) is 3.29. The molecule has 1 aliphatic rings. The van der Waals surface area contributed by atoms with E-state index in [0.717, 1.165) is 54.4 Å². The standard InChI is InChI=1S/C22H29FN4O/c1-14(2)24-21(28)11-20-15(3)25-22(26-16(20)4)18-9-10-27(13-18)12-17-5-7-19(23)8-6-17/h5-8,14,18H,9-13H2,1-4H3,(H,24,28)/t18-/m1/s1. The molecule has 0 bridgehead atoms. The first-order valence-corrected chi connectivity index (χ1v) is 9.92. The van der Waals surface area contributed by atoms with E-state index in [1.54, 1.807) is 0 Å². The molecule has 1 saturated heterocycles. The van der Waals surface area contributed by atoms with Crippen molar-refractivity contribution in [1.82, 2.24) is 20.2 Å². The first-order chi connectivity index (χ1) is 13.3. The van der Waals surface area contributed by atoms with Gasteiger partial charge in [0.25, 0.3) is 0 Å². The third-order valence-corrected chi connectivity index (χ3v) is 5.18. The van der Waals surface area contributed by atoms with Crippen molar-refractivity contribution in [3.05, 3.63) is 58.4 Å². The molecule has 0 saturated carbocycles. The van der Waals surface area contributed by atoms with Crippen LogP contribution in [0.4, 0.5) is 4.39 Å². The van der Waals surface area contributed by atoms with Crippen molar-refractivity contribution in [2.24, 2.45) is 0 Å². The van der Waals surface area contributed by atoms with E-state index < -0.39 is 0 Å². The Hall–Kier alpha value is -2.34. The lowest BCUT2D eigenvalue weighted by atomic mass is 10.0. The van der Waals surface area contributed by atoms with Gasteiger partial charge in [-0.15, -0.1) is 0 Å².